The summed E-state index contributed by atoms with van der Waals surface area (Å²) in [5.41, 5.74) is 2.22. The van der Waals surface area contributed by atoms with Crippen LogP contribution in [-0.4, -0.2) is 26.2 Å². The minimum absolute atomic E-state index is 0.218. The van der Waals surface area contributed by atoms with Gasteiger partial charge in [-0.2, -0.15) is 0 Å². The van der Waals surface area contributed by atoms with Crippen LogP contribution in [0.4, 0.5) is 0 Å². The minimum atomic E-state index is -0.323. The molecule has 0 atom stereocenters. The Hall–Kier alpha value is -2.95. The SMILES string of the molecule is O=C1C(=Cc2ccc(O)c(O)c2)CCc2cc(O)c(O)cc21. The molecule has 2 aromatic carbocycles. The summed E-state index contributed by atoms with van der Waals surface area (Å²) in [5, 5.41) is 37.8. The van der Waals surface area contributed by atoms with Crippen LogP contribution in [0.3, 0.4) is 0 Å². The Morgan fingerprint density at radius 3 is 2.23 bits per heavy atom. The van der Waals surface area contributed by atoms with E-state index in [1.807, 2.05) is 0 Å². The van der Waals surface area contributed by atoms with E-state index in [0.29, 0.717) is 35.1 Å². The summed E-state index contributed by atoms with van der Waals surface area (Å²) in [5.74, 6) is -1.24. The fourth-order valence-corrected chi connectivity index (χ4v) is 2.56. The largest absolute Gasteiger partial charge is 0.504 e. The zero-order chi connectivity index (χ0) is 15.9. The Balaban J connectivity index is 2.00. The van der Waals surface area contributed by atoms with Crippen LogP contribution >= 0.6 is 0 Å². The lowest BCUT2D eigenvalue weighted by molar-refractivity contribution is 0.102. The number of ketones is 1. The summed E-state index contributed by atoms with van der Waals surface area (Å²) in [6, 6.07) is 7.01. The molecule has 0 saturated heterocycles. The molecule has 0 bridgehead atoms. The molecule has 0 fully saturated rings. The molecule has 0 aliphatic heterocycles. The highest BCUT2D eigenvalue weighted by Crippen LogP contribution is 2.35. The maximum absolute atomic E-state index is 12.5. The maximum Gasteiger partial charge on any atom is 0.189 e. The number of hydrogen-bond donors (Lipinski definition) is 4. The van der Waals surface area contributed by atoms with Gasteiger partial charge in [-0.3, -0.25) is 4.79 Å². The van der Waals surface area contributed by atoms with Crippen molar-refractivity contribution in [3.05, 3.63) is 52.6 Å². The van der Waals surface area contributed by atoms with E-state index >= 15 is 0 Å². The summed E-state index contributed by atoms with van der Waals surface area (Å²) in [6.45, 7) is 0. The van der Waals surface area contributed by atoms with Crippen molar-refractivity contribution >= 4 is 11.9 Å². The molecule has 1 aliphatic carbocycles. The molecule has 0 saturated carbocycles. The number of hydrogen-bond acceptors (Lipinski definition) is 5. The van der Waals surface area contributed by atoms with Gasteiger partial charge in [0.2, 0.25) is 0 Å². The molecular weight excluding hydrogens is 284 g/mol. The molecule has 0 radical (unpaired) electrons. The van der Waals surface area contributed by atoms with Gasteiger partial charge >= 0.3 is 0 Å². The van der Waals surface area contributed by atoms with Gasteiger partial charge in [0.05, 0.1) is 0 Å². The number of fused-ring (bicyclic) bond motifs is 1. The van der Waals surface area contributed by atoms with Crippen molar-refractivity contribution < 1.29 is 25.2 Å². The third kappa shape index (κ3) is 2.37. The van der Waals surface area contributed by atoms with E-state index in [2.05, 4.69) is 0 Å². The molecule has 5 nitrogen and oxygen atoms in total. The average molecular weight is 298 g/mol. The maximum atomic E-state index is 12.5. The van der Waals surface area contributed by atoms with Crippen LogP contribution in [-0.2, 0) is 6.42 Å². The van der Waals surface area contributed by atoms with Crippen LogP contribution in [0.25, 0.3) is 6.08 Å². The predicted molar refractivity (Wildman–Crippen MR) is 80.2 cm³/mol. The number of aryl methyl sites for hydroxylation is 1. The predicted octanol–water partition coefficient (Wildman–Crippen LogP) is 2.72. The Kier molecular flexibility index (Phi) is 3.25. The summed E-state index contributed by atoms with van der Waals surface area (Å²) < 4.78 is 0. The smallest absolute Gasteiger partial charge is 0.189 e. The van der Waals surface area contributed by atoms with E-state index in [-0.39, 0.29) is 28.8 Å². The number of phenols is 4. The van der Waals surface area contributed by atoms with Crippen LogP contribution in [0.2, 0.25) is 0 Å². The van der Waals surface area contributed by atoms with E-state index in [4.69, 9.17) is 0 Å². The zero-order valence-corrected chi connectivity index (χ0v) is 11.6. The van der Waals surface area contributed by atoms with E-state index < -0.39 is 0 Å². The number of benzene rings is 2. The number of phenolic OH excluding ortho intramolecular Hbond substituents is 4. The van der Waals surface area contributed by atoms with Crippen LogP contribution in [0.1, 0.15) is 27.9 Å². The molecule has 0 aromatic heterocycles. The molecule has 1 aliphatic rings. The lowest BCUT2D eigenvalue weighted by atomic mass is 9.85. The molecule has 3 rings (SSSR count). The van der Waals surface area contributed by atoms with Gasteiger partial charge in [-0.15, -0.1) is 0 Å². The van der Waals surface area contributed by atoms with Crippen molar-refractivity contribution in [2.75, 3.05) is 0 Å². The third-order valence-corrected chi connectivity index (χ3v) is 3.74. The van der Waals surface area contributed by atoms with Crippen LogP contribution in [0.5, 0.6) is 23.0 Å². The second kappa shape index (κ2) is 5.11. The standard InChI is InChI=1S/C17H14O5/c18-13-4-1-9(6-14(13)19)5-11-3-2-10-7-15(20)16(21)8-12(10)17(11)22/h1,4-8,18-21H,2-3H2. The highest BCUT2D eigenvalue weighted by molar-refractivity contribution is 6.13. The van der Waals surface area contributed by atoms with Gasteiger partial charge in [0, 0.05) is 11.1 Å². The van der Waals surface area contributed by atoms with Crippen LogP contribution in [0.15, 0.2) is 35.9 Å². The van der Waals surface area contributed by atoms with Crippen molar-refractivity contribution in [3.8, 4) is 23.0 Å². The fourth-order valence-electron chi connectivity index (χ4n) is 2.56. The lowest BCUT2D eigenvalue weighted by Crippen LogP contribution is -2.13. The Labute approximate surface area is 126 Å². The summed E-state index contributed by atoms with van der Waals surface area (Å²) in [6.07, 6.45) is 2.72. The first-order valence-electron chi connectivity index (χ1n) is 6.78. The lowest BCUT2D eigenvalue weighted by Gasteiger charge is -2.18. The normalized spacial score (nSPS) is 15.8. The first-order valence-corrected chi connectivity index (χ1v) is 6.78. The summed E-state index contributed by atoms with van der Waals surface area (Å²) in [4.78, 5) is 12.5. The van der Waals surface area contributed by atoms with Crippen molar-refractivity contribution in [1.82, 2.24) is 0 Å². The second-order valence-electron chi connectivity index (χ2n) is 5.24. The first-order chi connectivity index (χ1) is 10.5. The summed E-state index contributed by atoms with van der Waals surface area (Å²) >= 11 is 0. The molecule has 0 amide bonds. The van der Waals surface area contributed by atoms with Crippen molar-refractivity contribution in [2.45, 2.75) is 12.8 Å². The minimum Gasteiger partial charge on any atom is -0.504 e. The average Bonchev–Trinajstić information content (AvgIpc) is 2.48. The van der Waals surface area contributed by atoms with Crippen molar-refractivity contribution in [1.29, 1.82) is 0 Å². The molecule has 0 spiro atoms. The highest BCUT2D eigenvalue weighted by Gasteiger charge is 2.23. The van der Waals surface area contributed by atoms with E-state index in [1.54, 1.807) is 12.1 Å². The molecule has 22 heavy (non-hydrogen) atoms. The van der Waals surface area contributed by atoms with E-state index in [9.17, 15) is 25.2 Å². The van der Waals surface area contributed by atoms with Gasteiger partial charge < -0.3 is 20.4 Å². The Morgan fingerprint density at radius 1 is 0.818 bits per heavy atom. The van der Waals surface area contributed by atoms with Crippen LogP contribution in [0, 0.1) is 0 Å². The van der Waals surface area contributed by atoms with Gasteiger partial charge in [-0.25, -0.2) is 0 Å². The fraction of sp³-hybridized carbons (Fsp3) is 0.118. The number of carbonyl (C=O) groups is 1. The van der Waals surface area contributed by atoms with Gasteiger partial charge in [0.25, 0.3) is 0 Å². The first kappa shape index (κ1) is 14.0. The molecular formula is C17H14O5. The third-order valence-electron chi connectivity index (χ3n) is 3.74. The van der Waals surface area contributed by atoms with Gasteiger partial charge in [-0.1, -0.05) is 6.07 Å². The zero-order valence-electron chi connectivity index (χ0n) is 11.6. The number of Topliss-reactive ketones (excluding diaryl/α,β-unsaturated/α-hetero) is 1. The van der Waals surface area contributed by atoms with E-state index in [1.165, 1.54) is 24.3 Å². The summed E-state index contributed by atoms with van der Waals surface area (Å²) in [7, 11) is 0. The molecule has 5 heteroatoms. The molecule has 2 aromatic rings. The second-order valence-corrected chi connectivity index (χ2v) is 5.24. The van der Waals surface area contributed by atoms with Crippen LogP contribution < -0.4 is 0 Å². The monoisotopic (exact) mass is 298 g/mol. The van der Waals surface area contributed by atoms with E-state index in [0.717, 1.165) is 0 Å². The van der Waals surface area contributed by atoms with Crippen molar-refractivity contribution in [2.24, 2.45) is 0 Å². The number of allylic oxidation sites excluding steroid dienone is 1. The quantitative estimate of drug-likeness (QED) is 0.479. The number of rotatable bonds is 1. The molecule has 4 N–H and O–H groups in total. The molecule has 0 unspecified atom stereocenters. The number of carbonyl (C=O) groups excluding carboxylic acids is 1. The number of aromatic hydroxyl groups is 4. The topological polar surface area (TPSA) is 98.0 Å². The Morgan fingerprint density at radius 2 is 1.50 bits per heavy atom. The van der Waals surface area contributed by atoms with Gasteiger partial charge in [0.15, 0.2) is 28.8 Å². The molecule has 112 valence electrons. The van der Waals surface area contributed by atoms with Crippen molar-refractivity contribution in [3.63, 3.8) is 0 Å². The van der Waals surface area contributed by atoms with Gasteiger partial charge in [-0.05, 0) is 54.3 Å². The molecule has 0 heterocycles. The Bertz CT molecular complexity index is 805. The highest BCUT2D eigenvalue weighted by atomic mass is 16.3. The van der Waals surface area contributed by atoms with Gasteiger partial charge in [0.1, 0.15) is 0 Å².